The fraction of sp³-hybridized carbons (Fsp3) is 0.600. The van der Waals surface area contributed by atoms with Crippen LogP contribution in [-0.4, -0.2) is 28.9 Å². The van der Waals surface area contributed by atoms with E-state index < -0.39 is 5.97 Å². The van der Waals surface area contributed by atoms with Crippen molar-refractivity contribution in [1.82, 2.24) is 4.90 Å². The molecule has 2 rings (SSSR count). The zero-order valence-electron chi connectivity index (χ0n) is 11.8. The van der Waals surface area contributed by atoms with E-state index in [9.17, 15) is 9.59 Å². The Balaban J connectivity index is 1.95. The van der Waals surface area contributed by atoms with Gasteiger partial charge in [-0.15, -0.1) is 0 Å². The van der Waals surface area contributed by atoms with Gasteiger partial charge in [-0.05, 0) is 40.6 Å². The van der Waals surface area contributed by atoms with Crippen LogP contribution in [0.25, 0.3) is 0 Å². The van der Waals surface area contributed by atoms with E-state index in [1.165, 1.54) is 0 Å². The number of carbonyl (C=O) groups is 2. The molecule has 5 heteroatoms. The predicted molar refractivity (Wildman–Crippen MR) is 78.6 cm³/mol. The topological polar surface area (TPSA) is 57.6 Å². The minimum absolute atomic E-state index is 0.0550. The zero-order valence-corrected chi connectivity index (χ0v) is 12.6. The van der Waals surface area contributed by atoms with Crippen molar-refractivity contribution in [2.45, 2.75) is 45.1 Å². The molecule has 20 heavy (non-hydrogen) atoms. The molecule has 0 spiro atoms. The summed E-state index contributed by atoms with van der Waals surface area (Å²) in [5.41, 5.74) is 0.816. The standard InChI is InChI=1S/C15H21NO3S/c1-16(10-12-4-7-20-11-12)13(17)8-15(9-14(18)19)5-2-3-6-15/h4,7,11H,2-3,5-6,8-10H2,1H3,(H,18,19). The van der Waals surface area contributed by atoms with Gasteiger partial charge in [0, 0.05) is 20.0 Å². The van der Waals surface area contributed by atoms with Gasteiger partial charge in [0.15, 0.2) is 0 Å². The third-order valence-corrected chi connectivity index (χ3v) is 4.87. The number of rotatable bonds is 6. The molecule has 1 aliphatic rings. The molecule has 0 atom stereocenters. The summed E-state index contributed by atoms with van der Waals surface area (Å²) in [5, 5.41) is 13.1. The van der Waals surface area contributed by atoms with Crippen molar-refractivity contribution in [2.75, 3.05) is 7.05 Å². The molecule has 0 aromatic carbocycles. The van der Waals surface area contributed by atoms with E-state index in [1.54, 1.807) is 23.3 Å². The van der Waals surface area contributed by atoms with Gasteiger partial charge < -0.3 is 10.0 Å². The smallest absolute Gasteiger partial charge is 0.303 e. The molecule has 0 radical (unpaired) electrons. The Hall–Kier alpha value is -1.36. The van der Waals surface area contributed by atoms with E-state index in [1.807, 2.05) is 16.8 Å². The minimum atomic E-state index is -0.791. The summed E-state index contributed by atoms with van der Waals surface area (Å²) in [6.45, 7) is 0.603. The number of hydrogen-bond donors (Lipinski definition) is 1. The van der Waals surface area contributed by atoms with E-state index in [-0.39, 0.29) is 17.7 Å². The molecule has 0 bridgehead atoms. The van der Waals surface area contributed by atoms with Crippen molar-refractivity contribution >= 4 is 23.2 Å². The number of nitrogens with zero attached hydrogens (tertiary/aromatic N) is 1. The Morgan fingerprint density at radius 2 is 2.05 bits per heavy atom. The zero-order chi connectivity index (χ0) is 14.6. The summed E-state index contributed by atoms with van der Waals surface area (Å²) in [5.74, 6) is -0.737. The maximum atomic E-state index is 12.3. The Morgan fingerprint density at radius 3 is 2.60 bits per heavy atom. The molecule has 1 amide bonds. The first-order valence-electron chi connectivity index (χ1n) is 6.98. The largest absolute Gasteiger partial charge is 0.481 e. The Bertz CT molecular complexity index is 463. The number of amides is 1. The van der Waals surface area contributed by atoms with Gasteiger partial charge in [-0.2, -0.15) is 11.3 Å². The van der Waals surface area contributed by atoms with Crippen LogP contribution < -0.4 is 0 Å². The van der Waals surface area contributed by atoms with Crippen LogP contribution in [-0.2, 0) is 16.1 Å². The van der Waals surface area contributed by atoms with Crippen LogP contribution >= 0.6 is 11.3 Å². The van der Waals surface area contributed by atoms with Crippen LogP contribution in [0.3, 0.4) is 0 Å². The average molecular weight is 295 g/mol. The molecule has 0 unspecified atom stereocenters. The number of carboxylic acids is 1. The molecule has 1 fully saturated rings. The second kappa shape index (κ2) is 6.39. The van der Waals surface area contributed by atoms with Crippen molar-refractivity contribution in [3.05, 3.63) is 22.4 Å². The van der Waals surface area contributed by atoms with E-state index in [0.717, 1.165) is 31.2 Å². The maximum Gasteiger partial charge on any atom is 0.303 e. The summed E-state index contributed by atoms with van der Waals surface area (Å²) in [6, 6.07) is 2.01. The first-order valence-corrected chi connectivity index (χ1v) is 7.92. The van der Waals surface area contributed by atoms with Gasteiger partial charge in [0.05, 0.1) is 6.42 Å². The lowest BCUT2D eigenvalue weighted by molar-refractivity contribution is -0.141. The quantitative estimate of drug-likeness (QED) is 0.877. The molecule has 1 aliphatic carbocycles. The van der Waals surface area contributed by atoms with E-state index in [4.69, 9.17) is 5.11 Å². The highest BCUT2D eigenvalue weighted by Gasteiger charge is 2.38. The first-order chi connectivity index (χ1) is 9.51. The van der Waals surface area contributed by atoms with Crippen molar-refractivity contribution < 1.29 is 14.7 Å². The van der Waals surface area contributed by atoms with Crippen LogP contribution in [0.5, 0.6) is 0 Å². The highest BCUT2D eigenvalue weighted by Crippen LogP contribution is 2.44. The van der Waals surface area contributed by atoms with Gasteiger partial charge >= 0.3 is 5.97 Å². The van der Waals surface area contributed by atoms with Crippen LogP contribution in [0.4, 0.5) is 0 Å². The molecule has 0 saturated heterocycles. The molecule has 4 nitrogen and oxygen atoms in total. The maximum absolute atomic E-state index is 12.3. The highest BCUT2D eigenvalue weighted by molar-refractivity contribution is 7.07. The minimum Gasteiger partial charge on any atom is -0.481 e. The van der Waals surface area contributed by atoms with Crippen molar-refractivity contribution in [1.29, 1.82) is 0 Å². The number of aliphatic carboxylic acids is 1. The second-order valence-electron chi connectivity index (χ2n) is 5.84. The Labute approximate surface area is 123 Å². The first kappa shape index (κ1) is 15.0. The predicted octanol–water partition coefficient (Wildman–Crippen LogP) is 3.13. The van der Waals surface area contributed by atoms with Gasteiger partial charge in [-0.3, -0.25) is 9.59 Å². The van der Waals surface area contributed by atoms with Gasteiger partial charge in [0.1, 0.15) is 0 Å². The van der Waals surface area contributed by atoms with E-state index in [0.29, 0.717) is 13.0 Å². The van der Waals surface area contributed by atoms with Gasteiger partial charge in [0.2, 0.25) is 5.91 Å². The Kier molecular flexibility index (Phi) is 4.81. The lowest BCUT2D eigenvalue weighted by Crippen LogP contribution is -2.33. The average Bonchev–Trinajstić information content (AvgIpc) is 3.00. The molecule has 1 aromatic heterocycles. The van der Waals surface area contributed by atoms with Crippen molar-refractivity contribution in [3.63, 3.8) is 0 Å². The fourth-order valence-corrected chi connectivity index (χ4v) is 3.72. The molecule has 0 aliphatic heterocycles. The lowest BCUT2D eigenvalue weighted by Gasteiger charge is -2.29. The van der Waals surface area contributed by atoms with Gasteiger partial charge in [-0.25, -0.2) is 0 Å². The van der Waals surface area contributed by atoms with Crippen LogP contribution in [0, 0.1) is 5.41 Å². The van der Waals surface area contributed by atoms with Crippen LogP contribution in [0.1, 0.15) is 44.1 Å². The normalized spacial score (nSPS) is 17.1. The van der Waals surface area contributed by atoms with E-state index >= 15 is 0 Å². The third-order valence-electron chi connectivity index (χ3n) is 4.14. The SMILES string of the molecule is CN(Cc1ccsc1)C(=O)CC1(CC(=O)O)CCCC1. The summed E-state index contributed by atoms with van der Waals surface area (Å²) >= 11 is 1.62. The number of carbonyl (C=O) groups excluding carboxylic acids is 1. The van der Waals surface area contributed by atoms with Gasteiger partial charge in [0.25, 0.3) is 0 Å². The van der Waals surface area contributed by atoms with Crippen molar-refractivity contribution in [3.8, 4) is 0 Å². The number of carboxylic acid groups (broad SMARTS) is 1. The molecule has 1 heterocycles. The molecule has 1 aromatic rings. The molecular formula is C15H21NO3S. The summed E-state index contributed by atoms with van der Waals surface area (Å²) < 4.78 is 0. The number of hydrogen-bond acceptors (Lipinski definition) is 3. The molecule has 110 valence electrons. The summed E-state index contributed by atoms with van der Waals surface area (Å²) in [4.78, 5) is 25.1. The number of thiophene rings is 1. The molecular weight excluding hydrogens is 274 g/mol. The third kappa shape index (κ3) is 3.82. The van der Waals surface area contributed by atoms with Crippen molar-refractivity contribution in [2.24, 2.45) is 5.41 Å². The van der Waals surface area contributed by atoms with Gasteiger partial charge in [-0.1, -0.05) is 12.8 Å². The summed E-state index contributed by atoms with van der Waals surface area (Å²) in [6.07, 6.45) is 4.27. The second-order valence-corrected chi connectivity index (χ2v) is 6.62. The Morgan fingerprint density at radius 1 is 1.35 bits per heavy atom. The van der Waals surface area contributed by atoms with Crippen LogP contribution in [0.2, 0.25) is 0 Å². The monoisotopic (exact) mass is 295 g/mol. The van der Waals surface area contributed by atoms with Crippen LogP contribution in [0.15, 0.2) is 16.8 Å². The molecule has 1 N–H and O–H groups in total. The highest BCUT2D eigenvalue weighted by atomic mass is 32.1. The summed E-state index contributed by atoms with van der Waals surface area (Å²) in [7, 11) is 1.80. The lowest BCUT2D eigenvalue weighted by atomic mass is 9.79. The fourth-order valence-electron chi connectivity index (χ4n) is 3.06. The molecule has 1 saturated carbocycles. The van der Waals surface area contributed by atoms with E-state index in [2.05, 4.69) is 0 Å².